The molecule has 1 amide bonds. The van der Waals surface area contributed by atoms with Crippen molar-refractivity contribution >= 4 is 29.2 Å². The molecule has 0 spiro atoms. The van der Waals surface area contributed by atoms with Crippen LogP contribution in [0.3, 0.4) is 0 Å². The van der Waals surface area contributed by atoms with E-state index in [1.54, 1.807) is 0 Å². The summed E-state index contributed by atoms with van der Waals surface area (Å²) in [4.78, 5) is 23.4. The minimum Gasteiger partial charge on any atom is -0.452 e. The summed E-state index contributed by atoms with van der Waals surface area (Å²) in [6.45, 7) is -1.07. The lowest BCUT2D eigenvalue weighted by Gasteiger charge is -2.15. The quantitative estimate of drug-likeness (QED) is 0.617. The van der Waals surface area contributed by atoms with Gasteiger partial charge < -0.3 is 10.1 Å². The van der Waals surface area contributed by atoms with E-state index in [4.69, 9.17) is 11.6 Å². The van der Waals surface area contributed by atoms with Crippen LogP contribution in [0.5, 0.6) is 0 Å². The Kier molecular flexibility index (Phi) is 5.81. The van der Waals surface area contributed by atoms with Gasteiger partial charge in [0, 0.05) is 0 Å². The van der Waals surface area contributed by atoms with E-state index in [2.05, 4.69) is 4.74 Å². The number of amides is 1. The number of alkyl halides is 3. The average molecular weight is 394 g/mol. The van der Waals surface area contributed by atoms with Crippen molar-refractivity contribution < 1.29 is 36.3 Å². The molecule has 0 atom stereocenters. The summed E-state index contributed by atoms with van der Waals surface area (Å²) < 4.78 is 70.1. The van der Waals surface area contributed by atoms with Gasteiger partial charge in [-0.3, -0.25) is 4.79 Å². The van der Waals surface area contributed by atoms with Crippen LogP contribution in [-0.2, 0) is 15.7 Å². The Hall–Kier alpha value is -2.68. The van der Waals surface area contributed by atoms with Gasteiger partial charge >= 0.3 is 12.1 Å². The van der Waals surface area contributed by atoms with E-state index in [1.807, 2.05) is 5.32 Å². The van der Waals surface area contributed by atoms with E-state index in [1.165, 1.54) is 0 Å². The molecule has 1 N–H and O–H groups in total. The molecule has 2 aromatic carbocycles. The van der Waals surface area contributed by atoms with Gasteiger partial charge in [0.15, 0.2) is 6.61 Å². The molecule has 10 heteroatoms. The van der Waals surface area contributed by atoms with Gasteiger partial charge in [0.25, 0.3) is 5.91 Å². The first kappa shape index (κ1) is 19.6. The van der Waals surface area contributed by atoms with Gasteiger partial charge in [-0.05, 0) is 24.3 Å². The maximum absolute atomic E-state index is 13.4. The normalized spacial score (nSPS) is 11.2. The highest BCUT2D eigenvalue weighted by Crippen LogP contribution is 2.38. The summed E-state index contributed by atoms with van der Waals surface area (Å²) in [6.07, 6.45) is -4.79. The van der Waals surface area contributed by atoms with E-state index in [-0.39, 0.29) is 5.02 Å². The lowest BCUT2D eigenvalue weighted by molar-refractivity contribution is -0.137. The fourth-order valence-corrected chi connectivity index (χ4v) is 2.18. The molecule has 0 aliphatic carbocycles. The predicted molar refractivity (Wildman–Crippen MR) is 81.7 cm³/mol. The van der Waals surface area contributed by atoms with Crippen LogP contribution in [0.2, 0.25) is 5.02 Å². The SMILES string of the molecule is O=C(COC(=O)c1c(F)cccc1F)Nc1c(Cl)cccc1C(F)(F)F. The maximum Gasteiger partial charge on any atom is 0.418 e. The number of nitrogens with one attached hydrogen (secondary N) is 1. The Morgan fingerprint density at radius 2 is 1.62 bits per heavy atom. The molecule has 0 bridgehead atoms. The molecule has 2 rings (SSSR count). The summed E-state index contributed by atoms with van der Waals surface area (Å²) in [5, 5.41) is 1.48. The Balaban J connectivity index is 2.10. The van der Waals surface area contributed by atoms with Crippen molar-refractivity contribution in [1.29, 1.82) is 0 Å². The number of benzene rings is 2. The van der Waals surface area contributed by atoms with Gasteiger partial charge in [-0.1, -0.05) is 23.7 Å². The van der Waals surface area contributed by atoms with Crippen LogP contribution in [0.25, 0.3) is 0 Å². The number of ether oxygens (including phenoxy) is 1. The molecule has 0 aromatic heterocycles. The van der Waals surface area contributed by atoms with Crippen molar-refractivity contribution in [3.8, 4) is 0 Å². The Morgan fingerprint density at radius 1 is 1.04 bits per heavy atom. The topological polar surface area (TPSA) is 55.4 Å². The number of halogens is 6. The summed E-state index contributed by atoms with van der Waals surface area (Å²) in [5.74, 6) is -5.07. The lowest BCUT2D eigenvalue weighted by atomic mass is 10.1. The molecule has 4 nitrogen and oxygen atoms in total. The smallest absolute Gasteiger partial charge is 0.418 e. The predicted octanol–water partition coefficient (Wildman–Crippen LogP) is 4.43. The second kappa shape index (κ2) is 7.69. The summed E-state index contributed by atoms with van der Waals surface area (Å²) in [6, 6.07) is 5.49. The minimum atomic E-state index is -4.79. The van der Waals surface area contributed by atoms with Crippen LogP contribution in [-0.4, -0.2) is 18.5 Å². The van der Waals surface area contributed by atoms with Crippen molar-refractivity contribution in [2.75, 3.05) is 11.9 Å². The van der Waals surface area contributed by atoms with Crippen molar-refractivity contribution in [3.63, 3.8) is 0 Å². The van der Waals surface area contributed by atoms with Crippen molar-refractivity contribution in [2.45, 2.75) is 6.18 Å². The third kappa shape index (κ3) is 4.48. The maximum atomic E-state index is 13.4. The number of hydrogen-bond donors (Lipinski definition) is 1. The second-order valence-electron chi connectivity index (χ2n) is 4.88. The molecule has 0 saturated heterocycles. The molecular formula is C16H9ClF5NO3. The first-order valence-corrected chi connectivity index (χ1v) is 7.25. The number of rotatable bonds is 4. The van der Waals surface area contributed by atoms with Crippen LogP contribution in [0.15, 0.2) is 36.4 Å². The number of esters is 1. The largest absolute Gasteiger partial charge is 0.452 e. The molecule has 26 heavy (non-hydrogen) atoms. The van der Waals surface area contributed by atoms with Gasteiger partial charge in [0.1, 0.15) is 17.2 Å². The van der Waals surface area contributed by atoms with Crippen molar-refractivity contribution in [3.05, 3.63) is 64.2 Å². The van der Waals surface area contributed by atoms with E-state index in [0.717, 1.165) is 30.3 Å². The average Bonchev–Trinajstić information content (AvgIpc) is 2.53. The summed E-state index contributed by atoms with van der Waals surface area (Å²) in [5.41, 5.74) is -2.95. The molecule has 2 aromatic rings. The number of carbonyl (C=O) groups excluding carboxylic acids is 2. The number of hydrogen-bond acceptors (Lipinski definition) is 3. The van der Waals surface area contributed by atoms with Gasteiger partial charge in [-0.15, -0.1) is 0 Å². The minimum absolute atomic E-state index is 0.389. The van der Waals surface area contributed by atoms with Crippen LogP contribution >= 0.6 is 11.6 Å². The lowest BCUT2D eigenvalue weighted by Crippen LogP contribution is -2.23. The highest BCUT2D eigenvalue weighted by Gasteiger charge is 2.35. The molecule has 0 unspecified atom stereocenters. The van der Waals surface area contributed by atoms with E-state index >= 15 is 0 Å². The number of carbonyl (C=O) groups is 2. The Morgan fingerprint density at radius 3 is 2.19 bits per heavy atom. The number of anilines is 1. The molecule has 0 aliphatic rings. The second-order valence-corrected chi connectivity index (χ2v) is 5.29. The zero-order valence-corrected chi connectivity index (χ0v) is 13.4. The Bertz CT molecular complexity index is 834. The highest BCUT2D eigenvalue weighted by atomic mass is 35.5. The van der Waals surface area contributed by atoms with Crippen LogP contribution < -0.4 is 5.32 Å². The van der Waals surface area contributed by atoms with Gasteiger partial charge in [0.2, 0.25) is 0 Å². The fraction of sp³-hybridized carbons (Fsp3) is 0.125. The molecule has 0 radical (unpaired) electrons. The summed E-state index contributed by atoms with van der Waals surface area (Å²) in [7, 11) is 0. The molecular weight excluding hydrogens is 385 g/mol. The van der Waals surface area contributed by atoms with Gasteiger partial charge in [-0.25, -0.2) is 13.6 Å². The summed E-state index contributed by atoms with van der Waals surface area (Å²) >= 11 is 5.66. The van der Waals surface area contributed by atoms with Crippen LogP contribution in [0.4, 0.5) is 27.6 Å². The van der Waals surface area contributed by atoms with Crippen LogP contribution in [0.1, 0.15) is 15.9 Å². The standard InChI is InChI=1S/C16H9ClF5NO3/c17-9-4-1-3-8(16(20,21)22)14(9)23-12(24)7-26-15(25)13-10(18)5-2-6-11(13)19/h1-6H,7H2,(H,23,24). The monoisotopic (exact) mass is 393 g/mol. The molecule has 0 saturated carbocycles. The molecule has 0 aliphatic heterocycles. The zero-order valence-electron chi connectivity index (χ0n) is 12.7. The fourth-order valence-electron chi connectivity index (χ4n) is 1.96. The Labute approximate surface area is 148 Å². The first-order valence-electron chi connectivity index (χ1n) is 6.88. The first-order chi connectivity index (χ1) is 12.1. The van der Waals surface area contributed by atoms with E-state index in [0.29, 0.717) is 6.07 Å². The molecule has 0 heterocycles. The molecule has 0 fully saturated rings. The van der Waals surface area contributed by atoms with Gasteiger partial charge in [0.05, 0.1) is 16.3 Å². The van der Waals surface area contributed by atoms with Gasteiger partial charge in [-0.2, -0.15) is 13.2 Å². The number of para-hydroxylation sites is 1. The highest BCUT2D eigenvalue weighted by molar-refractivity contribution is 6.34. The van der Waals surface area contributed by atoms with Crippen molar-refractivity contribution in [1.82, 2.24) is 0 Å². The zero-order chi connectivity index (χ0) is 19.5. The molecule has 138 valence electrons. The van der Waals surface area contributed by atoms with E-state index in [9.17, 15) is 31.5 Å². The van der Waals surface area contributed by atoms with E-state index < -0.39 is 53.1 Å². The third-order valence-corrected chi connectivity index (χ3v) is 3.40. The van der Waals surface area contributed by atoms with Crippen molar-refractivity contribution in [2.24, 2.45) is 0 Å². The third-order valence-electron chi connectivity index (χ3n) is 3.08. The van der Waals surface area contributed by atoms with Crippen LogP contribution in [0, 0.1) is 11.6 Å².